The van der Waals surface area contributed by atoms with Crippen LogP contribution in [0, 0.1) is 5.92 Å². The summed E-state index contributed by atoms with van der Waals surface area (Å²) in [6.45, 7) is 5.57. The van der Waals surface area contributed by atoms with Crippen molar-refractivity contribution in [3.8, 4) is 11.5 Å². The topological polar surface area (TPSA) is 30.5 Å². The minimum atomic E-state index is 0.429. The predicted molar refractivity (Wildman–Crippen MR) is 73.4 cm³/mol. The van der Waals surface area contributed by atoms with Crippen molar-refractivity contribution in [3.05, 3.63) is 23.3 Å². The number of ether oxygens (including phenoxy) is 2. The summed E-state index contributed by atoms with van der Waals surface area (Å²) in [5.74, 6) is 2.29. The van der Waals surface area contributed by atoms with Gasteiger partial charge in [0.2, 0.25) is 0 Å². The summed E-state index contributed by atoms with van der Waals surface area (Å²) in [4.78, 5) is 0. The van der Waals surface area contributed by atoms with Gasteiger partial charge in [0.25, 0.3) is 0 Å². The average molecular weight is 249 g/mol. The summed E-state index contributed by atoms with van der Waals surface area (Å²) < 4.78 is 10.8. The zero-order valence-electron chi connectivity index (χ0n) is 11.7. The van der Waals surface area contributed by atoms with Gasteiger partial charge in [0.05, 0.1) is 14.2 Å². The molecule has 1 aliphatic rings. The Labute approximate surface area is 109 Å². The van der Waals surface area contributed by atoms with Crippen LogP contribution in [0.5, 0.6) is 11.5 Å². The van der Waals surface area contributed by atoms with Crippen LogP contribution in [0.3, 0.4) is 0 Å². The number of hydrogen-bond acceptors (Lipinski definition) is 3. The van der Waals surface area contributed by atoms with Crippen molar-refractivity contribution >= 4 is 0 Å². The van der Waals surface area contributed by atoms with Gasteiger partial charge in [-0.2, -0.15) is 0 Å². The van der Waals surface area contributed by atoms with E-state index < -0.39 is 0 Å². The minimum Gasteiger partial charge on any atom is -0.493 e. The molecular formula is C15H23NO2. The van der Waals surface area contributed by atoms with Crippen LogP contribution < -0.4 is 14.8 Å². The molecule has 1 aliphatic heterocycles. The third kappa shape index (κ3) is 2.32. The van der Waals surface area contributed by atoms with Gasteiger partial charge in [-0.3, -0.25) is 0 Å². The van der Waals surface area contributed by atoms with Crippen molar-refractivity contribution in [1.82, 2.24) is 5.32 Å². The molecule has 18 heavy (non-hydrogen) atoms. The molecule has 0 saturated carbocycles. The van der Waals surface area contributed by atoms with E-state index in [1.54, 1.807) is 14.2 Å². The van der Waals surface area contributed by atoms with Crippen LogP contribution in [0.4, 0.5) is 0 Å². The van der Waals surface area contributed by atoms with Gasteiger partial charge >= 0.3 is 0 Å². The minimum absolute atomic E-state index is 0.429. The van der Waals surface area contributed by atoms with Crippen LogP contribution in [0.25, 0.3) is 0 Å². The zero-order valence-corrected chi connectivity index (χ0v) is 11.7. The van der Waals surface area contributed by atoms with Crippen LogP contribution in [-0.2, 0) is 6.42 Å². The van der Waals surface area contributed by atoms with Gasteiger partial charge in [-0.1, -0.05) is 20.3 Å². The molecule has 0 amide bonds. The van der Waals surface area contributed by atoms with Gasteiger partial charge in [0.1, 0.15) is 0 Å². The summed E-state index contributed by atoms with van der Waals surface area (Å²) >= 11 is 0. The lowest BCUT2D eigenvalue weighted by Gasteiger charge is -2.32. The molecule has 3 nitrogen and oxygen atoms in total. The number of benzene rings is 1. The highest BCUT2D eigenvalue weighted by Gasteiger charge is 2.25. The molecule has 3 heteroatoms. The molecule has 2 unspecified atom stereocenters. The van der Waals surface area contributed by atoms with E-state index in [4.69, 9.17) is 9.47 Å². The molecule has 0 spiro atoms. The van der Waals surface area contributed by atoms with Crippen LogP contribution in [0.2, 0.25) is 0 Å². The van der Waals surface area contributed by atoms with Crippen molar-refractivity contribution in [2.24, 2.45) is 5.92 Å². The SMILES string of the molecule is CCC(C)C1NCCc2cc(OC)c(OC)cc21. The first kappa shape index (κ1) is 13.2. The fourth-order valence-corrected chi connectivity index (χ4v) is 2.66. The summed E-state index contributed by atoms with van der Waals surface area (Å²) in [6.07, 6.45) is 2.23. The van der Waals surface area contributed by atoms with Gasteiger partial charge < -0.3 is 14.8 Å². The molecule has 2 rings (SSSR count). The fourth-order valence-electron chi connectivity index (χ4n) is 2.66. The second-order valence-electron chi connectivity index (χ2n) is 4.97. The number of hydrogen-bond donors (Lipinski definition) is 1. The molecule has 2 atom stereocenters. The Bertz CT molecular complexity index is 417. The van der Waals surface area contributed by atoms with E-state index in [0.29, 0.717) is 12.0 Å². The monoisotopic (exact) mass is 249 g/mol. The fraction of sp³-hybridized carbons (Fsp3) is 0.600. The molecule has 1 aromatic carbocycles. The van der Waals surface area contributed by atoms with E-state index in [2.05, 4.69) is 31.3 Å². The molecule has 0 aliphatic carbocycles. The maximum atomic E-state index is 5.41. The smallest absolute Gasteiger partial charge is 0.161 e. The molecule has 0 aromatic heterocycles. The van der Waals surface area contributed by atoms with Gasteiger partial charge in [-0.15, -0.1) is 0 Å². The lowest BCUT2D eigenvalue weighted by molar-refractivity contribution is 0.341. The first-order valence-electron chi connectivity index (χ1n) is 6.69. The Morgan fingerprint density at radius 3 is 2.56 bits per heavy atom. The molecule has 0 bridgehead atoms. The van der Waals surface area contributed by atoms with Crippen molar-refractivity contribution in [2.45, 2.75) is 32.7 Å². The highest BCUT2D eigenvalue weighted by Crippen LogP contribution is 2.37. The largest absolute Gasteiger partial charge is 0.493 e. The summed E-state index contributed by atoms with van der Waals surface area (Å²) in [7, 11) is 3.39. The lowest BCUT2D eigenvalue weighted by Crippen LogP contribution is -2.33. The Hall–Kier alpha value is -1.22. The Morgan fingerprint density at radius 1 is 1.28 bits per heavy atom. The van der Waals surface area contributed by atoms with Crippen LogP contribution >= 0.6 is 0 Å². The van der Waals surface area contributed by atoms with Gasteiger partial charge in [-0.05, 0) is 42.1 Å². The molecule has 0 fully saturated rings. The Morgan fingerprint density at radius 2 is 1.94 bits per heavy atom. The first-order chi connectivity index (χ1) is 8.71. The summed E-state index contributed by atoms with van der Waals surface area (Å²) in [5, 5.41) is 3.62. The number of fused-ring (bicyclic) bond motifs is 1. The van der Waals surface area contributed by atoms with Crippen LogP contribution in [-0.4, -0.2) is 20.8 Å². The Kier molecular flexibility index (Phi) is 4.12. The molecule has 1 N–H and O–H groups in total. The van der Waals surface area contributed by atoms with Crippen LogP contribution in [0.15, 0.2) is 12.1 Å². The van der Waals surface area contributed by atoms with Gasteiger partial charge in [0.15, 0.2) is 11.5 Å². The van der Waals surface area contributed by atoms with E-state index in [9.17, 15) is 0 Å². The average Bonchev–Trinajstić information content (AvgIpc) is 2.44. The number of methoxy groups -OCH3 is 2. The van der Waals surface area contributed by atoms with Crippen molar-refractivity contribution in [2.75, 3.05) is 20.8 Å². The van der Waals surface area contributed by atoms with E-state index in [-0.39, 0.29) is 0 Å². The number of nitrogens with one attached hydrogen (secondary N) is 1. The second kappa shape index (κ2) is 5.61. The molecule has 0 radical (unpaired) electrons. The predicted octanol–water partition coefficient (Wildman–Crippen LogP) is 2.94. The number of rotatable bonds is 4. The first-order valence-corrected chi connectivity index (χ1v) is 6.69. The zero-order chi connectivity index (χ0) is 13.1. The quantitative estimate of drug-likeness (QED) is 0.890. The van der Waals surface area contributed by atoms with Crippen molar-refractivity contribution in [1.29, 1.82) is 0 Å². The summed E-state index contributed by atoms with van der Waals surface area (Å²) in [5.41, 5.74) is 2.75. The van der Waals surface area contributed by atoms with E-state index in [0.717, 1.165) is 24.5 Å². The van der Waals surface area contributed by atoms with Gasteiger partial charge in [-0.25, -0.2) is 0 Å². The van der Waals surface area contributed by atoms with E-state index >= 15 is 0 Å². The maximum Gasteiger partial charge on any atom is 0.161 e. The van der Waals surface area contributed by atoms with Crippen molar-refractivity contribution in [3.63, 3.8) is 0 Å². The highest BCUT2D eigenvalue weighted by atomic mass is 16.5. The van der Waals surface area contributed by atoms with Crippen molar-refractivity contribution < 1.29 is 9.47 Å². The van der Waals surface area contributed by atoms with E-state index in [1.165, 1.54) is 17.5 Å². The lowest BCUT2D eigenvalue weighted by atomic mass is 9.85. The maximum absolute atomic E-state index is 5.41. The highest BCUT2D eigenvalue weighted by molar-refractivity contribution is 5.49. The molecule has 100 valence electrons. The normalized spacial score (nSPS) is 20.1. The van der Waals surface area contributed by atoms with Crippen LogP contribution in [0.1, 0.15) is 37.4 Å². The third-order valence-corrected chi connectivity index (χ3v) is 3.95. The summed E-state index contributed by atoms with van der Waals surface area (Å²) in [6, 6.07) is 4.69. The van der Waals surface area contributed by atoms with Gasteiger partial charge in [0, 0.05) is 6.04 Å². The molecule has 1 aromatic rings. The molecule has 0 saturated heterocycles. The second-order valence-corrected chi connectivity index (χ2v) is 4.97. The standard InChI is InChI=1S/C15H23NO2/c1-5-10(2)15-12-9-14(18-4)13(17-3)8-11(12)6-7-16-15/h8-10,15-16H,5-7H2,1-4H3. The third-order valence-electron chi connectivity index (χ3n) is 3.95. The Balaban J connectivity index is 2.43. The molecule has 1 heterocycles. The molecular weight excluding hydrogens is 226 g/mol. The van der Waals surface area contributed by atoms with E-state index in [1.807, 2.05) is 0 Å².